The number of halogens is 1. The lowest BCUT2D eigenvalue weighted by atomic mass is 9.82. The lowest BCUT2D eigenvalue weighted by molar-refractivity contribution is -0.129. The van der Waals surface area contributed by atoms with E-state index >= 15 is 0 Å². The van der Waals surface area contributed by atoms with Crippen molar-refractivity contribution in [1.29, 1.82) is 0 Å². The Hall–Kier alpha value is -4.34. The Morgan fingerprint density at radius 1 is 0.955 bits per heavy atom. The van der Waals surface area contributed by atoms with Crippen LogP contribution in [0.3, 0.4) is 0 Å². The SMILES string of the molecule is COc1cccc(CNC(=O)[C@]2(Cc3ccc(Br)cc3)N=C(c3ccc(OCCCO)cc3)O[C@@H]2c2ccccc2)c1OC. The van der Waals surface area contributed by atoms with Crippen LogP contribution in [0, 0.1) is 0 Å². The van der Waals surface area contributed by atoms with Gasteiger partial charge in [0.15, 0.2) is 23.1 Å². The minimum absolute atomic E-state index is 0.0662. The quantitative estimate of drug-likeness (QED) is 0.170. The first-order valence-corrected chi connectivity index (χ1v) is 15.1. The van der Waals surface area contributed by atoms with Crippen LogP contribution in [0.5, 0.6) is 17.2 Å². The molecule has 0 saturated heterocycles. The van der Waals surface area contributed by atoms with E-state index in [-0.39, 0.29) is 19.1 Å². The number of hydrogen-bond donors (Lipinski definition) is 2. The van der Waals surface area contributed by atoms with Crippen LogP contribution >= 0.6 is 15.9 Å². The standard InChI is InChI=1S/C35H35BrN2O6/c1-41-30-11-6-10-27(31(30)42-2)23-37-34(40)35(22-24-12-16-28(36)17-13-24)32(25-8-4-3-5-9-25)44-33(38-35)26-14-18-29(19-15-26)43-21-7-20-39/h3-6,8-19,32,39H,7,20-23H2,1-2H3,(H,37,40)/t32-,35-/m1/s1. The summed E-state index contributed by atoms with van der Waals surface area (Å²) < 4.78 is 24.3. The Bertz CT molecular complexity index is 1580. The zero-order valence-electron chi connectivity index (χ0n) is 24.7. The Labute approximate surface area is 265 Å². The van der Waals surface area contributed by atoms with Gasteiger partial charge >= 0.3 is 0 Å². The molecule has 0 aromatic heterocycles. The highest BCUT2D eigenvalue weighted by atomic mass is 79.9. The molecule has 8 nitrogen and oxygen atoms in total. The maximum absolute atomic E-state index is 14.5. The lowest BCUT2D eigenvalue weighted by Crippen LogP contribution is -2.49. The fraction of sp³-hybridized carbons (Fsp3) is 0.257. The van der Waals surface area contributed by atoms with Gasteiger partial charge in [0.2, 0.25) is 5.90 Å². The maximum Gasteiger partial charge on any atom is 0.252 e. The zero-order chi connectivity index (χ0) is 30.9. The highest BCUT2D eigenvalue weighted by Crippen LogP contribution is 2.43. The summed E-state index contributed by atoms with van der Waals surface area (Å²) >= 11 is 3.51. The van der Waals surface area contributed by atoms with Crippen molar-refractivity contribution in [2.24, 2.45) is 4.99 Å². The van der Waals surface area contributed by atoms with Crippen molar-refractivity contribution in [1.82, 2.24) is 5.32 Å². The van der Waals surface area contributed by atoms with Crippen LogP contribution in [-0.4, -0.2) is 49.9 Å². The molecule has 228 valence electrons. The number of nitrogens with zero attached hydrogens (tertiary/aromatic N) is 1. The molecule has 0 unspecified atom stereocenters. The van der Waals surface area contributed by atoms with Crippen molar-refractivity contribution in [3.05, 3.63) is 124 Å². The predicted molar refractivity (Wildman–Crippen MR) is 172 cm³/mol. The molecule has 1 aliphatic rings. The number of carbonyl (C=O) groups is 1. The smallest absolute Gasteiger partial charge is 0.252 e. The van der Waals surface area contributed by atoms with E-state index < -0.39 is 11.6 Å². The fourth-order valence-corrected chi connectivity index (χ4v) is 5.51. The highest BCUT2D eigenvalue weighted by molar-refractivity contribution is 9.10. The monoisotopic (exact) mass is 658 g/mol. The van der Waals surface area contributed by atoms with Gasteiger partial charge in [-0.2, -0.15) is 0 Å². The van der Waals surface area contributed by atoms with E-state index in [1.54, 1.807) is 14.2 Å². The molecule has 0 spiro atoms. The molecule has 0 bridgehead atoms. The molecule has 0 radical (unpaired) electrons. The molecular weight excluding hydrogens is 624 g/mol. The topological polar surface area (TPSA) is 98.6 Å². The van der Waals surface area contributed by atoms with Crippen LogP contribution in [0.4, 0.5) is 0 Å². The second-order valence-corrected chi connectivity index (χ2v) is 11.3. The van der Waals surface area contributed by atoms with E-state index in [1.807, 2.05) is 97.1 Å². The first-order valence-electron chi connectivity index (χ1n) is 14.4. The van der Waals surface area contributed by atoms with Gasteiger partial charge in [-0.15, -0.1) is 0 Å². The van der Waals surface area contributed by atoms with E-state index in [9.17, 15) is 4.79 Å². The molecule has 4 aromatic rings. The van der Waals surface area contributed by atoms with Crippen molar-refractivity contribution < 1.29 is 28.8 Å². The number of methoxy groups -OCH3 is 2. The maximum atomic E-state index is 14.5. The molecule has 1 amide bonds. The number of nitrogens with one attached hydrogen (secondary N) is 1. The number of hydrogen-bond acceptors (Lipinski definition) is 7. The van der Waals surface area contributed by atoms with Gasteiger partial charge in [0, 0.05) is 41.6 Å². The van der Waals surface area contributed by atoms with Crippen molar-refractivity contribution in [3.63, 3.8) is 0 Å². The number of rotatable bonds is 13. The van der Waals surface area contributed by atoms with Gasteiger partial charge < -0.3 is 29.4 Å². The summed E-state index contributed by atoms with van der Waals surface area (Å²) in [5.41, 5.74) is 1.94. The molecule has 5 rings (SSSR count). The van der Waals surface area contributed by atoms with E-state index in [1.165, 1.54) is 0 Å². The Morgan fingerprint density at radius 3 is 2.39 bits per heavy atom. The minimum atomic E-state index is -1.33. The summed E-state index contributed by atoms with van der Waals surface area (Å²) in [6.45, 7) is 0.683. The van der Waals surface area contributed by atoms with Gasteiger partial charge in [-0.25, -0.2) is 4.99 Å². The summed E-state index contributed by atoms with van der Waals surface area (Å²) in [6, 6.07) is 30.5. The number of para-hydroxylation sites is 1. The predicted octanol–water partition coefficient (Wildman–Crippen LogP) is 6.04. The van der Waals surface area contributed by atoms with Crippen LogP contribution in [0.2, 0.25) is 0 Å². The molecule has 2 atom stereocenters. The van der Waals surface area contributed by atoms with Crippen molar-refractivity contribution in [3.8, 4) is 17.2 Å². The van der Waals surface area contributed by atoms with E-state index in [0.29, 0.717) is 42.6 Å². The van der Waals surface area contributed by atoms with E-state index in [2.05, 4.69) is 21.2 Å². The van der Waals surface area contributed by atoms with Gasteiger partial charge in [-0.3, -0.25) is 4.79 Å². The minimum Gasteiger partial charge on any atom is -0.494 e. The van der Waals surface area contributed by atoms with Gasteiger partial charge in [-0.1, -0.05) is 70.5 Å². The van der Waals surface area contributed by atoms with Crippen molar-refractivity contribution >= 4 is 27.7 Å². The second kappa shape index (κ2) is 14.4. The molecule has 1 aliphatic heterocycles. The molecule has 0 aliphatic carbocycles. The number of aliphatic hydroxyl groups is 1. The molecule has 4 aromatic carbocycles. The summed E-state index contributed by atoms with van der Waals surface area (Å²) in [5, 5.41) is 12.2. The van der Waals surface area contributed by atoms with Gasteiger partial charge in [0.05, 0.1) is 20.8 Å². The first-order chi connectivity index (χ1) is 21.5. The summed E-state index contributed by atoms with van der Waals surface area (Å²) in [5.74, 6) is 1.90. The second-order valence-electron chi connectivity index (χ2n) is 10.3. The van der Waals surface area contributed by atoms with Crippen LogP contribution < -0.4 is 19.5 Å². The van der Waals surface area contributed by atoms with E-state index in [0.717, 1.165) is 26.7 Å². The van der Waals surface area contributed by atoms with Crippen LogP contribution in [0.1, 0.15) is 34.8 Å². The Balaban J connectivity index is 1.54. The van der Waals surface area contributed by atoms with Gasteiger partial charge in [0.1, 0.15) is 5.75 Å². The number of aliphatic imine (C=N–C) groups is 1. The molecular formula is C35H35BrN2O6. The lowest BCUT2D eigenvalue weighted by Gasteiger charge is -2.31. The van der Waals surface area contributed by atoms with Crippen LogP contribution in [-0.2, 0) is 22.5 Å². The van der Waals surface area contributed by atoms with Crippen LogP contribution in [0.25, 0.3) is 0 Å². The van der Waals surface area contributed by atoms with Crippen molar-refractivity contribution in [2.75, 3.05) is 27.4 Å². The third-order valence-corrected chi connectivity index (χ3v) is 7.97. The third kappa shape index (κ3) is 6.90. The molecule has 44 heavy (non-hydrogen) atoms. The summed E-state index contributed by atoms with van der Waals surface area (Å²) in [6.07, 6.45) is 0.147. The fourth-order valence-electron chi connectivity index (χ4n) is 5.25. The molecule has 9 heteroatoms. The number of amides is 1. The molecule has 2 N–H and O–H groups in total. The summed E-state index contributed by atoms with van der Waals surface area (Å²) in [4.78, 5) is 19.6. The van der Waals surface area contributed by atoms with Gasteiger partial charge in [0.25, 0.3) is 5.91 Å². The molecule has 0 fully saturated rings. The van der Waals surface area contributed by atoms with Gasteiger partial charge in [-0.05, 0) is 53.6 Å². The summed E-state index contributed by atoms with van der Waals surface area (Å²) in [7, 11) is 3.16. The Kier molecular flexibility index (Phi) is 10.2. The zero-order valence-corrected chi connectivity index (χ0v) is 26.3. The first kappa shape index (κ1) is 31.1. The largest absolute Gasteiger partial charge is 0.494 e. The van der Waals surface area contributed by atoms with Crippen molar-refractivity contribution in [2.45, 2.75) is 31.0 Å². The van der Waals surface area contributed by atoms with Crippen LogP contribution in [0.15, 0.2) is 107 Å². The third-order valence-electron chi connectivity index (χ3n) is 7.44. The average molecular weight is 660 g/mol. The van der Waals surface area contributed by atoms with E-state index in [4.69, 9.17) is 29.0 Å². The highest BCUT2D eigenvalue weighted by Gasteiger charge is 2.53. The molecule has 1 heterocycles. The molecule has 0 saturated carbocycles. The number of aliphatic hydroxyl groups excluding tert-OH is 1. The number of benzene rings is 4. The normalized spacial score (nSPS) is 17.4. The number of carbonyl (C=O) groups excluding carboxylic acids is 1. The number of ether oxygens (including phenoxy) is 4. The average Bonchev–Trinajstić information content (AvgIpc) is 3.45. The Morgan fingerprint density at radius 2 is 1.70 bits per heavy atom.